The highest BCUT2D eigenvalue weighted by molar-refractivity contribution is 9.10. The summed E-state index contributed by atoms with van der Waals surface area (Å²) in [6.45, 7) is 5.28. The molecule has 0 saturated heterocycles. The van der Waals surface area contributed by atoms with Crippen molar-refractivity contribution in [3.05, 3.63) is 34.6 Å². The van der Waals surface area contributed by atoms with Gasteiger partial charge in [-0.3, -0.25) is 4.79 Å². The van der Waals surface area contributed by atoms with Crippen molar-refractivity contribution in [3.63, 3.8) is 0 Å². The molecule has 0 heterocycles. The van der Waals surface area contributed by atoms with Crippen molar-refractivity contribution in [2.45, 2.75) is 32.0 Å². The van der Waals surface area contributed by atoms with E-state index in [1.165, 1.54) is 0 Å². The maximum absolute atomic E-state index is 13.3. The summed E-state index contributed by atoms with van der Waals surface area (Å²) in [5.74, 6) is -0.210. The molecule has 1 rings (SSSR count). The van der Waals surface area contributed by atoms with Crippen LogP contribution in [-0.4, -0.2) is 10.6 Å². The van der Waals surface area contributed by atoms with Crippen LogP contribution in [0.15, 0.2) is 12.1 Å². The number of rotatable bonds is 3. The first-order chi connectivity index (χ1) is 6.97. The molecule has 0 fully saturated rings. The minimum Gasteiger partial charge on any atom is -0.293 e. The van der Waals surface area contributed by atoms with Crippen LogP contribution in [0, 0.1) is 19.7 Å². The molecule has 15 heavy (non-hydrogen) atoms. The quantitative estimate of drug-likeness (QED) is 0.604. The summed E-state index contributed by atoms with van der Waals surface area (Å²) in [7, 11) is 0. The molecule has 3 heteroatoms. The highest BCUT2D eigenvalue weighted by Crippen LogP contribution is 2.19. The number of benzene rings is 1. The predicted octanol–water partition coefficient (Wildman–Crippen LogP) is 3.80. The van der Waals surface area contributed by atoms with E-state index < -0.39 is 0 Å². The number of aryl methyl sites for hydroxylation is 2. The van der Waals surface area contributed by atoms with Gasteiger partial charge in [0.1, 0.15) is 5.82 Å². The minimum absolute atomic E-state index is 0.0173. The summed E-state index contributed by atoms with van der Waals surface area (Å²) >= 11 is 3.30. The molecule has 0 aliphatic carbocycles. The Bertz CT molecular complexity index is 364. The van der Waals surface area contributed by atoms with E-state index in [4.69, 9.17) is 0 Å². The fourth-order valence-corrected chi connectivity index (χ4v) is 1.72. The van der Waals surface area contributed by atoms with Crippen LogP contribution in [0.4, 0.5) is 4.39 Å². The Morgan fingerprint density at radius 3 is 2.27 bits per heavy atom. The topological polar surface area (TPSA) is 17.1 Å². The van der Waals surface area contributed by atoms with Crippen molar-refractivity contribution in [3.8, 4) is 0 Å². The van der Waals surface area contributed by atoms with E-state index in [0.29, 0.717) is 16.7 Å². The lowest BCUT2D eigenvalue weighted by Gasteiger charge is -2.09. The van der Waals surface area contributed by atoms with Gasteiger partial charge < -0.3 is 0 Å². The van der Waals surface area contributed by atoms with Gasteiger partial charge in [0.05, 0.1) is 4.83 Å². The van der Waals surface area contributed by atoms with Crippen LogP contribution in [-0.2, 0) is 0 Å². The molecule has 0 aliphatic heterocycles. The Morgan fingerprint density at radius 1 is 1.40 bits per heavy atom. The molecule has 0 bridgehead atoms. The predicted molar refractivity (Wildman–Crippen MR) is 63.2 cm³/mol. The van der Waals surface area contributed by atoms with Gasteiger partial charge in [-0.25, -0.2) is 4.39 Å². The van der Waals surface area contributed by atoms with Crippen molar-refractivity contribution in [1.29, 1.82) is 0 Å². The Morgan fingerprint density at radius 2 is 1.87 bits per heavy atom. The molecule has 0 aliphatic rings. The number of carbonyl (C=O) groups excluding carboxylic acids is 1. The van der Waals surface area contributed by atoms with Crippen LogP contribution in [0.1, 0.15) is 34.8 Å². The van der Waals surface area contributed by atoms with Gasteiger partial charge in [0, 0.05) is 5.56 Å². The molecule has 0 N–H and O–H groups in total. The maximum atomic E-state index is 13.3. The minimum atomic E-state index is -0.228. The molecule has 0 spiro atoms. The summed E-state index contributed by atoms with van der Waals surface area (Å²) < 4.78 is 13.3. The lowest BCUT2D eigenvalue weighted by molar-refractivity contribution is 0.0990. The largest absolute Gasteiger partial charge is 0.293 e. The summed E-state index contributed by atoms with van der Waals surface area (Å²) in [4.78, 5) is 11.6. The van der Waals surface area contributed by atoms with E-state index in [9.17, 15) is 9.18 Å². The number of halogens is 2. The van der Waals surface area contributed by atoms with Gasteiger partial charge in [-0.05, 0) is 43.5 Å². The smallest absolute Gasteiger partial charge is 0.176 e. The first-order valence-electron chi connectivity index (χ1n) is 4.92. The van der Waals surface area contributed by atoms with Crippen molar-refractivity contribution in [2.75, 3.05) is 0 Å². The zero-order valence-corrected chi connectivity index (χ0v) is 10.7. The second-order valence-electron chi connectivity index (χ2n) is 3.66. The van der Waals surface area contributed by atoms with E-state index in [1.54, 1.807) is 26.0 Å². The zero-order chi connectivity index (χ0) is 11.6. The van der Waals surface area contributed by atoms with Gasteiger partial charge >= 0.3 is 0 Å². The van der Waals surface area contributed by atoms with E-state index in [2.05, 4.69) is 15.9 Å². The highest BCUT2D eigenvalue weighted by Gasteiger charge is 2.16. The van der Waals surface area contributed by atoms with Crippen molar-refractivity contribution < 1.29 is 9.18 Å². The molecule has 0 saturated carbocycles. The van der Waals surface area contributed by atoms with Crippen LogP contribution < -0.4 is 0 Å². The molecular weight excluding hydrogens is 259 g/mol. The second-order valence-corrected chi connectivity index (χ2v) is 4.77. The van der Waals surface area contributed by atoms with Gasteiger partial charge in [-0.2, -0.15) is 0 Å². The third-order valence-electron chi connectivity index (χ3n) is 2.36. The summed E-state index contributed by atoms with van der Waals surface area (Å²) in [5, 5.41) is 0. The lowest BCUT2D eigenvalue weighted by atomic mass is 10.0. The molecule has 1 aromatic rings. The summed E-state index contributed by atoms with van der Waals surface area (Å²) in [6, 6.07) is 3.21. The molecule has 0 aromatic heterocycles. The normalized spacial score (nSPS) is 12.6. The van der Waals surface area contributed by atoms with Crippen molar-refractivity contribution in [2.24, 2.45) is 0 Å². The summed E-state index contributed by atoms with van der Waals surface area (Å²) in [5.41, 5.74) is 1.62. The zero-order valence-electron chi connectivity index (χ0n) is 9.10. The lowest BCUT2D eigenvalue weighted by Crippen LogP contribution is -2.13. The first-order valence-corrected chi connectivity index (χ1v) is 5.84. The first kappa shape index (κ1) is 12.4. The highest BCUT2D eigenvalue weighted by atomic mass is 79.9. The average molecular weight is 273 g/mol. The number of ketones is 1. The SMILES string of the molecule is CCC(Br)C(=O)c1cc(C)c(F)c(C)c1. The molecule has 1 aromatic carbocycles. The third kappa shape index (κ3) is 2.65. The van der Waals surface area contributed by atoms with Crippen LogP contribution in [0.2, 0.25) is 0 Å². The Kier molecular flexibility index (Phi) is 4.03. The van der Waals surface area contributed by atoms with Crippen molar-refractivity contribution in [1.82, 2.24) is 0 Å². The molecule has 1 nitrogen and oxygen atoms in total. The van der Waals surface area contributed by atoms with E-state index >= 15 is 0 Å². The fourth-order valence-electron chi connectivity index (χ4n) is 1.45. The number of Topliss-reactive ketones (excluding diaryl/α,β-unsaturated/α-hetero) is 1. The van der Waals surface area contributed by atoms with Gasteiger partial charge in [0.15, 0.2) is 5.78 Å². The van der Waals surface area contributed by atoms with E-state index in [0.717, 1.165) is 6.42 Å². The second kappa shape index (κ2) is 4.88. The maximum Gasteiger partial charge on any atom is 0.176 e. The fraction of sp³-hybridized carbons (Fsp3) is 0.417. The molecule has 1 unspecified atom stereocenters. The molecule has 0 radical (unpaired) electrons. The molecule has 82 valence electrons. The van der Waals surface area contributed by atoms with Crippen LogP contribution in [0.3, 0.4) is 0 Å². The Labute approximate surface area is 97.8 Å². The van der Waals surface area contributed by atoms with E-state index in [1.807, 2.05) is 6.92 Å². The van der Waals surface area contributed by atoms with Crippen LogP contribution in [0.25, 0.3) is 0 Å². The number of alkyl halides is 1. The van der Waals surface area contributed by atoms with Gasteiger partial charge in [0.25, 0.3) is 0 Å². The summed E-state index contributed by atoms with van der Waals surface area (Å²) in [6.07, 6.45) is 0.730. The average Bonchev–Trinajstić information content (AvgIpc) is 2.23. The monoisotopic (exact) mass is 272 g/mol. The molecular formula is C12H14BrFO. The number of carbonyl (C=O) groups is 1. The van der Waals surface area contributed by atoms with Crippen LogP contribution >= 0.6 is 15.9 Å². The van der Waals surface area contributed by atoms with Gasteiger partial charge in [-0.15, -0.1) is 0 Å². The third-order valence-corrected chi connectivity index (χ3v) is 3.43. The Balaban J connectivity index is 3.12. The number of hydrogen-bond acceptors (Lipinski definition) is 1. The van der Waals surface area contributed by atoms with Crippen molar-refractivity contribution >= 4 is 21.7 Å². The van der Waals surface area contributed by atoms with Gasteiger partial charge in [-0.1, -0.05) is 22.9 Å². The standard InChI is InChI=1S/C12H14BrFO/c1-4-10(13)12(15)9-5-7(2)11(14)8(3)6-9/h5-6,10H,4H2,1-3H3. The molecule has 0 amide bonds. The van der Waals surface area contributed by atoms with Gasteiger partial charge in [0.2, 0.25) is 0 Å². The van der Waals surface area contributed by atoms with Crippen LogP contribution in [0.5, 0.6) is 0 Å². The van der Waals surface area contributed by atoms with E-state index in [-0.39, 0.29) is 16.4 Å². The Hall–Kier alpha value is -0.700. The molecule has 1 atom stereocenters. The number of hydrogen-bond donors (Lipinski definition) is 0.